The molecule has 1 heterocycles. The van der Waals surface area contributed by atoms with Gasteiger partial charge in [0, 0.05) is 12.4 Å². The fourth-order valence-corrected chi connectivity index (χ4v) is 0.982. The van der Waals surface area contributed by atoms with E-state index >= 15 is 0 Å². The molecule has 0 aliphatic carbocycles. The lowest BCUT2D eigenvalue weighted by Gasteiger charge is -2.12. The molecule has 4 heteroatoms. The van der Waals surface area contributed by atoms with Gasteiger partial charge in [-0.25, -0.2) is 4.79 Å². The Morgan fingerprint density at radius 1 is 1.58 bits per heavy atom. The lowest BCUT2D eigenvalue weighted by molar-refractivity contribution is -0.145. The third-order valence-electron chi connectivity index (χ3n) is 1.63. The Labute approximate surface area is 70.4 Å². The highest BCUT2D eigenvalue weighted by Gasteiger charge is 2.18. The molecule has 1 N–H and O–H groups in total. The van der Waals surface area contributed by atoms with Gasteiger partial charge in [0.05, 0.1) is 13.7 Å². The topological polar surface area (TPSA) is 51.5 Å². The number of ether oxygens (including phenoxy) is 1. The van der Waals surface area contributed by atoms with E-state index in [0.717, 1.165) is 0 Å². The van der Waals surface area contributed by atoms with Crippen molar-refractivity contribution >= 4 is 5.97 Å². The predicted molar refractivity (Wildman–Crippen MR) is 42.6 cm³/mol. The van der Waals surface area contributed by atoms with Gasteiger partial charge in [-0.3, -0.25) is 0 Å². The van der Waals surface area contributed by atoms with Crippen molar-refractivity contribution in [2.75, 3.05) is 13.7 Å². The molecule has 0 aliphatic heterocycles. The van der Waals surface area contributed by atoms with Crippen LogP contribution in [0.5, 0.6) is 0 Å². The van der Waals surface area contributed by atoms with E-state index in [1.54, 1.807) is 29.1 Å². The smallest absolute Gasteiger partial charge is 0.331 e. The second-order valence-corrected chi connectivity index (χ2v) is 2.35. The Bertz CT molecular complexity index is 243. The summed E-state index contributed by atoms with van der Waals surface area (Å²) in [5, 5.41) is 8.88. The monoisotopic (exact) mass is 169 g/mol. The standard InChI is InChI=1S/C8H11NO3/c1-12-8(11)7(6-10)9-4-2-3-5-9/h2-5,7,10H,6H2,1H3. The Morgan fingerprint density at radius 2 is 2.17 bits per heavy atom. The van der Waals surface area contributed by atoms with Gasteiger partial charge >= 0.3 is 5.97 Å². The minimum atomic E-state index is -0.620. The molecule has 0 amide bonds. The first-order valence-electron chi connectivity index (χ1n) is 3.60. The third-order valence-corrected chi connectivity index (χ3v) is 1.63. The summed E-state index contributed by atoms with van der Waals surface area (Å²) in [6, 6.07) is 2.95. The number of methoxy groups -OCH3 is 1. The van der Waals surface area contributed by atoms with Crippen LogP contribution in [0.15, 0.2) is 24.5 Å². The summed E-state index contributed by atoms with van der Waals surface area (Å²) in [6.45, 7) is -0.249. The first-order chi connectivity index (χ1) is 5.79. The summed E-state index contributed by atoms with van der Waals surface area (Å²) >= 11 is 0. The molecule has 0 saturated carbocycles. The highest BCUT2D eigenvalue weighted by Crippen LogP contribution is 2.07. The Morgan fingerprint density at radius 3 is 2.58 bits per heavy atom. The molecule has 0 aliphatic rings. The molecular weight excluding hydrogens is 158 g/mol. The maximum Gasteiger partial charge on any atom is 0.331 e. The fourth-order valence-electron chi connectivity index (χ4n) is 0.982. The van der Waals surface area contributed by atoms with E-state index in [4.69, 9.17) is 5.11 Å². The normalized spacial score (nSPS) is 12.5. The molecule has 1 aromatic rings. The third kappa shape index (κ3) is 1.65. The summed E-state index contributed by atoms with van der Waals surface area (Å²) < 4.78 is 6.11. The molecule has 1 unspecified atom stereocenters. The molecule has 0 bridgehead atoms. The first-order valence-corrected chi connectivity index (χ1v) is 3.60. The molecule has 0 saturated heterocycles. The molecule has 0 aromatic carbocycles. The van der Waals surface area contributed by atoms with Crippen LogP contribution < -0.4 is 0 Å². The molecule has 0 spiro atoms. The van der Waals surface area contributed by atoms with Gasteiger partial charge in [0.2, 0.25) is 0 Å². The van der Waals surface area contributed by atoms with E-state index in [1.807, 2.05) is 0 Å². The molecule has 0 fully saturated rings. The first kappa shape index (κ1) is 8.80. The summed E-state index contributed by atoms with van der Waals surface area (Å²) in [7, 11) is 1.30. The fraction of sp³-hybridized carbons (Fsp3) is 0.375. The number of rotatable bonds is 3. The minimum Gasteiger partial charge on any atom is -0.467 e. The average molecular weight is 169 g/mol. The van der Waals surface area contributed by atoms with E-state index < -0.39 is 12.0 Å². The van der Waals surface area contributed by atoms with Crippen LogP contribution in [0.1, 0.15) is 6.04 Å². The molecule has 66 valence electrons. The lowest BCUT2D eigenvalue weighted by Crippen LogP contribution is -2.22. The van der Waals surface area contributed by atoms with E-state index in [2.05, 4.69) is 4.74 Å². The quantitative estimate of drug-likeness (QED) is 0.657. The van der Waals surface area contributed by atoms with Crippen LogP contribution in [0.4, 0.5) is 0 Å². The zero-order valence-electron chi connectivity index (χ0n) is 6.80. The number of carbonyl (C=O) groups is 1. The van der Waals surface area contributed by atoms with Gasteiger partial charge in [-0.15, -0.1) is 0 Å². The van der Waals surface area contributed by atoms with Gasteiger partial charge in [-0.1, -0.05) is 0 Å². The highest BCUT2D eigenvalue weighted by atomic mass is 16.5. The van der Waals surface area contributed by atoms with Crippen molar-refractivity contribution in [2.45, 2.75) is 6.04 Å². The Hall–Kier alpha value is -1.29. The zero-order valence-corrected chi connectivity index (χ0v) is 6.80. The second-order valence-electron chi connectivity index (χ2n) is 2.35. The van der Waals surface area contributed by atoms with Crippen LogP contribution in [-0.4, -0.2) is 29.4 Å². The van der Waals surface area contributed by atoms with E-state index in [1.165, 1.54) is 7.11 Å². The maximum atomic E-state index is 11.0. The number of aliphatic hydroxyl groups excluding tert-OH is 1. The number of hydrogen-bond donors (Lipinski definition) is 1. The Balaban J connectivity index is 2.76. The summed E-state index contributed by atoms with van der Waals surface area (Å²) in [5.74, 6) is -0.436. The SMILES string of the molecule is COC(=O)C(CO)n1cccc1. The van der Waals surface area contributed by atoms with Crippen LogP contribution in [-0.2, 0) is 9.53 Å². The van der Waals surface area contributed by atoms with Crippen LogP contribution in [0.2, 0.25) is 0 Å². The number of aliphatic hydroxyl groups is 1. The van der Waals surface area contributed by atoms with Crippen molar-refractivity contribution in [1.29, 1.82) is 0 Å². The van der Waals surface area contributed by atoms with Crippen molar-refractivity contribution in [3.05, 3.63) is 24.5 Å². The van der Waals surface area contributed by atoms with Gasteiger partial charge < -0.3 is 14.4 Å². The van der Waals surface area contributed by atoms with Crippen LogP contribution in [0, 0.1) is 0 Å². The van der Waals surface area contributed by atoms with Crippen LogP contribution in [0.25, 0.3) is 0 Å². The van der Waals surface area contributed by atoms with Gasteiger partial charge in [0.25, 0.3) is 0 Å². The molecule has 0 radical (unpaired) electrons. The molecule has 4 nitrogen and oxygen atoms in total. The summed E-state index contributed by atoms with van der Waals surface area (Å²) in [4.78, 5) is 11.0. The number of hydrogen-bond acceptors (Lipinski definition) is 3. The predicted octanol–water partition coefficient (Wildman–Crippen LogP) is 0.194. The second kappa shape index (κ2) is 3.92. The number of esters is 1. The lowest BCUT2D eigenvalue weighted by atomic mass is 10.3. The number of aromatic nitrogens is 1. The molecule has 1 atom stereocenters. The van der Waals surface area contributed by atoms with Gasteiger partial charge in [-0.05, 0) is 12.1 Å². The summed E-state index contributed by atoms with van der Waals surface area (Å²) in [5.41, 5.74) is 0. The molecule has 12 heavy (non-hydrogen) atoms. The van der Waals surface area contributed by atoms with Gasteiger partial charge in [0.15, 0.2) is 6.04 Å². The van der Waals surface area contributed by atoms with Gasteiger partial charge in [-0.2, -0.15) is 0 Å². The average Bonchev–Trinajstić information content (AvgIpc) is 2.58. The summed E-state index contributed by atoms with van der Waals surface area (Å²) in [6.07, 6.45) is 3.41. The van der Waals surface area contributed by atoms with Crippen LogP contribution in [0.3, 0.4) is 0 Å². The van der Waals surface area contributed by atoms with E-state index in [9.17, 15) is 4.79 Å². The molecule has 1 rings (SSSR count). The number of carbonyl (C=O) groups excluding carboxylic acids is 1. The molecular formula is C8H11NO3. The zero-order chi connectivity index (χ0) is 8.97. The Kier molecular flexibility index (Phi) is 2.88. The largest absolute Gasteiger partial charge is 0.467 e. The van der Waals surface area contributed by atoms with Crippen molar-refractivity contribution in [3.8, 4) is 0 Å². The van der Waals surface area contributed by atoms with Gasteiger partial charge in [0.1, 0.15) is 0 Å². The van der Waals surface area contributed by atoms with Crippen molar-refractivity contribution in [2.24, 2.45) is 0 Å². The highest BCUT2D eigenvalue weighted by molar-refractivity contribution is 5.74. The van der Waals surface area contributed by atoms with E-state index in [0.29, 0.717) is 0 Å². The van der Waals surface area contributed by atoms with E-state index in [-0.39, 0.29) is 6.61 Å². The van der Waals surface area contributed by atoms with Crippen molar-refractivity contribution in [1.82, 2.24) is 4.57 Å². The minimum absolute atomic E-state index is 0.249. The van der Waals surface area contributed by atoms with Crippen LogP contribution >= 0.6 is 0 Å². The maximum absolute atomic E-state index is 11.0. The van der Waals surface area contributed by atoms with Crippen molar-refractivity contribution in [3.63, 3.8) is 0 Å². The molecule has 1 aromatic heterocycles. The number of nitrogens with zero attached hydrogens (tertiary/aromatic N) is 1. The van der Waals surface area contributed by atoms with Crippen molar-refractivity contribution < 1.29 is 14.6 Å².